The largest absolute Gasteiger partial charge is 0.293 e. The molecule has 0 aliphatic heterocycles. The second kappa shape index (κ2) is 7.37. The highest BCUT2D eigenvalue weighted by Gasteiger charge is 2.24. The Kier molecular flexibility index (Phi) is 5.24. The lowest BCUT2D eigenvalue weighted by Gasteiger charge is -2.12. The molecular weight excluding hydrogens is 348 g/mol. The number of anilines is 2. The van der Waals surface area contributed by atoms with E-state index in [1.54, 1.807) is 0 Å². The number of aromatic nitrogens is 6. The Hall–Kier alpha value is -3.84. The monoisotopic (exact) mass is 364 g/mol. The second-order valence-electron chi connectivity index (χ2n) is 5.06. The molecule has 0 saturated carbocycles. The fraction of sp³-hybridized carbons (Fsp3) is 0.333. The number of nitrogens with zero attached hydrogens (tertiary/aromatic N) is 6. The Morgan fingerprint density at radius 1 is 0.615 bits per heavy atom. The summed E-state index contributed by atoms with van der Waals surface area (Å²) < 4.78 is 2.12. The summed E-state index contributed by atoms with van der Waals surface area (Å²) in [6.45, 7) is 4.98. The van der Waals surface area contributed by atoms with Gasteiger partial charge in [0.1, 0.15) is 0 Å². The van der Waals surface area contributed by atoms with Gasteiger partial charge < -0.3 is 0 Å². The third-order valence-corrected chi connectivity index (χ3v) is 2.64. The van der Waals surface area contributed by atoms with Crippen molar-refractivity contribution in [1.29, 1.82) is 0 Å². The average Bonchev–Trinajstić information content (AvgIpc) is 3.03. The SMILES string of the molecule is CC(=O)Nc1nnc(-c2nnc(NC(C)=O)n2NC(C)=O)n1NC(C)=O. The van der Waals surface area contributed by atoms with E-state index in [2.05, 4.69) is 41.9 Å². The van der Waals surface area contributed by atoms with Gasteiger partial charge in [-0.05, 0) is 0 Å². The van der Waals surface area contributed by atoms with E-state index in [1.807, 2.05) is 0 Å². The Morgan fingerprint density at radius 3 is 1.23 bits per heavy atom. The standard InChI is InChI=1S/C12H16N10O4/c1-5(23)13-11-17-15-9(21(11)19-7(3)25)10-16-18-12(14-6(2)24)22(10)20-8(4)26/h1-4H3,(H,19,25)(H,20,26)(H,13,17,23)(H,14,18,24). The van der Waals surface area contributed by atoms with Crippen molar-refractivity contribution in [2.75, 3.05) is 21.5 Å². The molecule has 0 aliphatic rings. The predicted molar refractivity (Wildman–Crippen MR) is 87.7 cm³/mol. The van der Waals surface area contributed by atoms with E-state index in [1.165, 1.54) is 27.7 Å². The lowest BCUT2D eigenvalue weighted by atomic mass is 10.5. The first kappa shape index (κ1) is 18.5. The maximum absolute atomic E-state index is 11.5. The Morgan fingerprint density at radius 2 is 0.962 bits per heavy atom. The van der Waals surface area contributed by atoms with Crippen LogP contribution in [0.25, 0.3) is 11.6 Å². The van der Waals surface area contributed by atoms with Crippen LogP contribution < -0.4 is 21.5 Å². The van der Waals surface area contributed by atoms with Crippen molar-refractivity contribution in [2.45, 2.75) is 27.7 Å². The predicted octanol–water partition coefficient (Wildman–Crippen LogP) is -1.37. The minimum Gasteiger partial charge on any atom is -0.293 e. The van der Waals surface area contributed by atoms with Gasteiger partial charge in [0, 0.05) is 27.7 Å². The van der Waals surface area contributed by atoms with Crippen LogP contribution in [0.1, 0.15) is 27.7 Å². The van der Waals surface area contributed by atoms with Gasteiger partial charge in [0.15, 0.2) is 0 Å². The lowest BCUT2D eigenvalue weighted by Crippen LogP contribution is -2.27. The fourth-order valence-electron chi connectivity index (χ4n) is 1.86. The topological polar surface area (TPSA) is 178 Å². The number of nitrogens with one attached hydrogen (secondary N) is 4. The van der Waals surface area contributed by atoms with Gasteiger partial charge in [-0.2, -0.15) is 9.35 Å². The Bertz CT molecular complexity index is 810. The maximum atomic E-state index is 11.5. The molecule has 138 valence electrons. The van der Waals surface area contributed by atoms with Gasteiger partial charge in [-0.25, -0.2) is 0 Å². The van der Waals surface area contributed by atoms with Crippen LogP contribution in [0.2, 0.25) is 0 Å². The van der Waals surface area contributed by atoms with Crippen LogP contribution in [0.5, 0.6) is 0 Å². The van der Waals surface area contributed by atoms with Crippen LogP contribution in [0.15, 0.2) is 0 Å². The number of carbonyl (C=O) groups is 4. The van der Waals surface area contributed by atoms with Crippen LogP contribution in [0.4, 0.5) is 11.9 Å². The van der Waals surface area contributed by atoms with Crippen molar-refractivity contribution in [3.05, 3.63) is 0 Å². The molecular formula is C12H16N10O4. The highest BCUT2D eigenvalue weighted by molar-refractivity contribution is 5.89. The summed E-state index contributed by atoms with van der Waals surface area (Å²) in [7, 11) is 0. The van der Waals surface area contributed by atoms with Crippen molar-refractivity contribution in [3.8, 4) is 11.6 Å². The number of carbonyl (C=O) groups excluding carboxylic acids is 4. The van der Waals surface area contributed by atoms with Gasteiger partial charge in [0.2, 0.25) is 35.3 Å². The van der Waals surface area contributed by atoms with E-state index in [0.29, 0.717) is 0 Å². The van der Waals surface area contributed by atoms with Gasteiger partial charge in [-0.1, -0.05) is 0 Å². The molecule has 4 N–H and O–H groups in total. The van der Waals surface area contributed by atoms with E-state index >= 15 is 0 Å². The van der Waals surface area contributed by atoms with Crippen molar-refractivity contribution in [2.24, 2.45) is 0 Å². The molecule has 0 bridgehead atoms. The smallest absolute Gasteiger partial charge is 0.251 e. The molecule has 0 unspecified atom stereocenters. The molecule has 14 nitrogen and oxygen atoms in total. The molecule has 0 spiro atoms. The molecule has 0 fully saturated rings. The minimum atomic E-state index is -0.481. The molecule has 2 aromatic rings. The van der Waals surface area contributed by atoms with Gasteiger partial charge >= 0.3 is 0 Å². The zero-order valence-corrected chi connectivity index (χ0v) is 14.3. The van der Waals surface area contributed by atoms with Gasteiger partial charge in [-0.15, -0.1) is 20.4 Å². The van der Waals surface area contributed by atoms with E-state index in [0.717, 1.165) is 9.35 Å². The first-order valence-corrected chi connectivity index (χ1v) is 7.20. The summed E-state index contributed by atoms with van der Waals surface area (Å²) in [4.78, 5) is 45.5. The average molecular weight is 364 g/mol. The second-order valence-corrected chi connectivity index (χ2v) is 5.06. The summed E-state index contributed by atoms with van der Waals surface area (Å²) in [5.41, 5.74) is 4.83. The molecule has 26 heavy (non-hydrogen) atoms. The van der Waals surface area contributed by atoms with Crippen LogP contribution in [-0.2, 0) is 19.2 Å². The van der Waals surface area contributed by atoms with Gasteiger partial charge in [0.25, 0.3) is 11.9 Å². The summed E-state index contributed by atoms with van der Waals surface area (Å²) >= 11 is 0. The van der Waals surface area contributed by atoms with E-state index in [4.69, 9.17) is 0 Å². The van der Waals surface area contributed by atoms with Crippen LogP contribution >= 0.6 is 0 Å². The fourth-order valence-corrected chi connectivity index (χ4v) is 1.86. The zero-order chi connectivity index (χ0) is 19.4. The van der Waals surface area contributed by atoms with E-state index in [9.17, 15) is 19.2 Å². The first-order valence-electron chi connectivity index (χ1n) is 7.20. The van der Waals surface area contributed by atoms with Crippen LogP contribution in [-0.4, -0.2) is 53.4 Å². The zero-order valence-electron chi connectivity index (χ0n) is 14.3. The first-order chi connectivity index (χ1) is 12.2. The molecule has 2 rings (SSSR count). The van der Waals surface area contributed by atoms with E-state index in [-0.39, 0.29) is 23.5 Å². The van der Waals surface area contributed by atoms with Crippen LogP contribution in [0.3, 0.4) is 0 Å². The highest BCUT2D eigenvalue weighted by Crippen LogP contribution is 2.20. The summed E-state index contributed by atoms with van der Waals surface area (Å²) in [5.74, 6) is -2.13. The third kappa shape index (κ3) is 4.16. The van der Waals surface area contributed by atoms with Crippen molar-refractivity contribution >= 4 is 35.5 Å². The number of amides is 4. The quantitative estimate of drug-likeness (QED) is 0.502. The number of rotatable bonds is 5. The van der Waals surface area contributed by atoms with E-state index < -0.39 is 23.6 Å². The summed E-state index contributed by atoms with van der Waals surface area (Å²) in [6, 6.07) is 0. The van der Waals surface area contributed by atoms with Gasteiger partial charge in [-0.3, -0.25) is 40.7 Å². The van der Waals surface area contributed by atoms with Gasteiger partial charge in [0.05, 0.1) is 0 Å². The molecule has 0 saturated heterocycles. The molecule has 0 atom stereocenters. The lowest BCUT2D eigenvalue weighted by molar-refractivity contribution is -0.116. The summed E-state index contributed by atoms with van der Waals surface area (Å²) in [6.07, 6.45) is 0. The van der Waals surface area contributed by atoms with Crippen molar-refractivity contribution in [3.63, 3.8) is 0 Å². The maximum Gasteiger partial charge on any atom is 0.251 e. The normalized spacial score (nSPS) is 10.2. The molecule has 2 aromatic heterocycles. The third-order valence-electron chi connectivity index (χ3n) is 2.64. The minimum absolute atomic E-state index is 0.0539. The number of hydrogen-bond acceptors (Lipinski definition) is 8. The molecule has 0 radical (unpaired) electrons. The molecule has 14 heteroatoms. The molecule has 0 aliphatic carbocycles. The summed E-state index contributed by atoms with van der Waals surface area (Å²) in [5, 5.41) is 20.0. The van der Waals surface area contributed by atoms with Crippen molar-refractivity contribution < 1.29 is 19.2 Å². The number of hydrogen-bond donors (Lipinski definition) is 4. The van der Waals surface area contributed by atoms with Crippen LogP contribution in [0, 0.1) is 0 Å². The molecule has 4 amide bonds. The molecule has 2 heterocycles. The Labute approximate surface area is 146 Å². The van der Waals surface area contributed by atoms with Crippen molar-refractivity contribution in [1.82, 2.24) is 29.7 Å². The Balaban J connectivity index is 2.59. The molecule has 0 aromatic carbocycles. The highest BCUT2D eigenvalue weighted by atomic mass is 16.2.